The van der Waals surface area contributed by atoms with Gasteiger partial charge in [0.25, 0.3) is 0 Å². The van der Waals surface area contributed by atoms with Crippen molar-refractivity contribution in [1.82, 2.24) is 0 Å². The third kappa shape index (κ3) is 9.05. The lowest BCUT2D eigenvalue weighted by molar-refractivity contribution is 0.159. The molecule has 70 heavy (non-hydrogen) atoms. The number of benzene rings is 8. The highest BCUT2D eigenvalue weighted by atomic mass is 16.5. The van der Waals surface area contributed by atoms with E-state index in [2.05, 4.69) is 77.9 Å². The fourth-order valence-corrected chi connectivity index (χ4v) is 10.3. The van der Waals surface area contributed by atoms with Crippen molar-refractivity contribution in [3.8, 4) is 34.1 Å². The Hall–Kier alpha value is -7.26. The maximum absolute atomic E-state index is 11.7. The minimum atomic E-state index is -0.644. The van der Waals surface area contributed by atoms with Crippen molar-refractivity contribution in [2.75, 3.05) is 0 Å². The number of phenolic OH excluding ortho intramolecular Hbond substituents is 2. The van der Waals surface area contributed by atoms with Gasteiger partial charge in [0.2, 0.25) is 0 Å². The second-order valence-electron chi connectivity index (χ2n) is 20.9. The molecule has 0 saturated heterocycles. The van der Waals surface area contributed by atoms with Crippen molar-refractivity contribution in [3.63, 3.8) is 0 Å². The Morgan fingerprint density at radius 3 is 1.30 bits per heavy atom. The van der Waals surface area contributed by atoms with Gasteiger partial charge in [-0.15, -0.1) is 0 Å². The van der Waals surface area contributed by atoms with Crippen molar-refractivity contribution in [1.29, 1.82) is 0 Å². The summed E-state index contributed by atoms with van der Waals surface area (Å²) < 4.78 is 13.9. The van der Waals surface area contributed by atoms with E-state index in [0.29, 0.717) is 35.5 Å². The third-order valence-corrected chi connectivity index (χ3v) is 13.9. The van der Waals surface area contributed by atoms with Crippen LogP contribution in [0.5, 0.6) is 23.0 Å². The molecule has 0 amide bonds. The molecule has 0 spiro atoms. The Bertz CT molecular complexity index is 3120. The van der Waals surface area contributed by atoms with Gasteiger partial charge >= 0.3 is 0 Å². The Morgan fingerprint density at radius 1 is 0.500 bits per heavy atom. The van der Waals surface area contributed by atoms with Crippen LogP contribution >= 0.6 is 0 Å². The molecule has 10 rings (SSSR count). The van der Waals surface area contributed by atoms with Crippen LogP contribution in [-0.4, -0.2) is 45.1 Å². The Kier molecular flexibility index (Phi) is 12.3. The number of aromatic hydroxyl groups is 2. The van der Waals surface area contributed by atoms with Crippen LogP contribution in [0.4, 0.5) is 0 Å². The van der Waals surface area contributed by atoms with Crippen LogP contribution in [0.3, 0.4) is 0 Å². The van der Waals surface area contributed by atoms with Crippen LogP contribution in [-0.2, 0) is 36.9 Å². The maximum Gasteiger partial charge on any atom is 0.128 e. The molecule has 0 fully saturated rings. The molecule has 8 heteroatoms. The average Bonchev–Trinajstić information content (AvgIpc) is 3.84. The summed E-state index contributed by atoms with van der Waals surface area (Å²) in [6.07, 6.45) is 3.17. The number of aliphatic imine (C=N–C) groups is 2. The number of aliphatic hydroxyl groups excluding tert-OH is 2. The first-order valence-electron chi connectivity index (χ1n) is 24.2. The summed E-state index contributed by atoms with van der Waals surface area (Å²) in [6.45, 7) is 12.8. The summed E-state index contributed by atoms with van der Waals surface area (Å²) in [5, 5.41) is 49.5. The van der Waals surface area contributed by atoms with Gasteiger partial charge in [-0.05, 0) is 102 Å². The lowest BCUT2D eigenvalue weighted by atomic mass is 9.84. The zero-order valence-electron chi connectivity index (χ0n) is 40.6. The summed E-state index contributed by atoms with van der Waals surface area (Å²) in [5.41, 5.74) is 9.54. The number of nitrogens with zero attached hydrogens (tertiary/aromatic N) is 2. The number of phenols is 2. The number of hydrogen-bond acceptors (Lipinski definition) is 8. The van der Waals surface area contributed by atoms with Crippen molar-refractivity contribution >= 4 is 34.0 Å². The van der Waals surface area contributed by atoms with Crippen LogP contribution in [0.1, 0.15) is 109 Å². The first-order chi connectivity index (χ1) is 33.6. The smallest absolute Gasteiger partial charge is 0.128 e. The van der Waals surface area contributed by atoms with Gasteiger partial charge in [0.15, 0.2) is 0 Å². The molecule has 4 N–H and O–H groups in total. The summed E-state index contributed by atoms with van der Waals surface area (Å²) >= 11 is 0. The van der Waals surface area contributed by atoms with Gasteiger partial charge in [-0.3, -0.25) is 9.98 Å². The van der Waals surface area contributed by atoms with E-state index in [4.69, 9.17) is 19.5 Å². The first kappa shape index (κ1) is 46.5. The Balaban J connectivity index is 1.02. The maximum atomic E-state index is 11.7. The molecule has 0 aliphatic heterocycles. The molecule has 0 saturated carbocycles. The molecule has 8 aromatic rings. The standard InChI is InChI=1S/C62H60N2O6/c1-61(2,3)49-29-37(27-43(59(49)67)33-63-57-47-21-13-9-17-41(47)31-51(57)65)35-69-53-25-23-39-15-7-11-19-45(39)55(53)56-46-20-12-8-16-40(46)24-26-54(56)70-36-38-28-44(60(68)50(30-38)62(4,5)6)34-64-58-48-22-14-10-18-42(48)32-52(58)66/h7-30,33-34,51-52,57-58,65-68H,31-32,35-36H2,1-6H3/t51-,52-,57+,58+/m1/s1. The van der Waals surface area contributed by atoms with Crippen molar-refractivity contribution in [3.05, 3.63) is 201 Å². The van der Waals surface area contributed by atoms with Gasteiger partial charge in [0, 0.05) is 58.7 Å². The fourth-order valence-electron chi connectivity index (χ4n) is 10.3. The molecule has 4 atom stereocenters. The van der Waals surface area contributed by atoms with E-state index in [9.17, 15) is 20.4 Å². The SMILES string of the molecule is CC(C)(C)c1cc(COc2ccc3ccccc3c2-c2c(OCc3cc(C=N[C@H]4c5ccccc5C[C@H]4O)c(O)c(C(C)(C)C)c3)ccc3ccccc23)cc(C=N[C@H]2c3ccccc3C[C@H]2O)c1O. The predicted molar refractivity (Wildman–Crippen MR) is 282 cm³/mol. The van der Waals surface area contributed by atoms with Crippen LogP contribution in [0, 0.1) is 0 Å². The minimum Gasteiger partial charge on any atom is -0.507 e. The van der Waals surface area contributed by atoms with Gasteiger partial charge in [-0.2, -0.15) is 0 Å². The topological polar surface area (TPSA) is 124 Å². The van der Waals surface area contributed by atoms with Crippen LogP contribution in [0.2, 0.25) is 0 Å². The second-order valence-corrected chi connectivity index (χ2v) is 20.9. The molecular weight excluding hydrogens is 869 g/mol. The number of aliphatic hydroxyl groups is 2. The molecule has 8 aromatic carbocycles. The molecule has 8 nitrogen and oxygen atoms in total. The van der Waals surface area contributed by atoms with Crippen LogP contribution < -0.4 is 9.47 Å². The van der Waals surface area contributed by atoms with Crippen LogP contribution in [0.15, 0.2) is 156 Å². The van der Waals surface area contributed by atoms with Gasteiger partial charge in [-0.25, -0.2) is 0 Å². The Labute approximate surface area is 410 Å². The van der Waals surface area contributed by atoms with E-state index >= 15 is 0 Å². The van der Waals surface area contributed by atoms with Gasteiger partial charge in [0.1, 0.15) is 48.3 Å². The van der Waals surface area contributed by atoms with Gasteiger partial charge in [0.05, 0.1) is 12.2 Å². The lowest BCUT2D eigenvalue weighted by Crippen LogP contribution is -2.14. The summed E-state index contributed by atoms with van der Waals surface area (Å²) in [7, 11) is 0. The molecule has 354 valence electrons. The molecule has 2 aliphatic rings. The zero-order chi connectivity index (χ0) is 48.9. The molecule has 0 unspecified atom stereocenters. The van der Waals surface area contributed by atoms with E-state index in [1.807, 2.05) is 109 Å². The second kappa shape index (κ2) is 18.6. The monoisotopic (exact) mass is 928 g/mol. The van der Waals surface area contributed by atoms with Crippen LogP contribution in [0.25, 0.3) is 32.7 Å². The molecular formula is C62H60N2O6. The number of ether oxygens (including phenoxy) is 2. The molecule has 0 heterocycles. The normalized spacial score (nSPS) is 18.0. The van der Waals surface area contributed by atoms with E-state index in [1.54, 1.807) is 12.4 Å². The van der Waals surface area contributed by atoms with E-state index in [0.717, 1.165) is 77.2 Å². The molecule has 0 aromatic heterocycles. The van der Waals surface area contributed by atoms with Gasteiger partial charge in [-0.1, -0.05) is 151 Å². The molecule has 2 aliphatic carbocycles. The number of hydrogen-bond donors (Lipinski definition) is 4. The van der Waals surface area contributed by atoms with E-state index in [-0.39, 0.29) is 24.7 Å². The highest BCUT2D eigenvalue weighted by Crippen LogP contribution is 2.47. The summed E-state index contributed by atoms with van der Waals surface area (Å²) in [6, 6.07) is 47.8. The lowest BCUT2D eigenvalue weighted by Gasteiger charge is -2.24. The number of rotatable bonds is 11. The fraction of sp³-hybridized carbons (Fsp3) is 0.258. The van der Waals surface area contributed by atoms with Crippen molar-refractivity contribution < 1.29 is 29.9 Å². The quantitative estimate of drug-likeness (QED) is 0.0958. The van der Waals surface area contributed by atoms with Crippen molar-refractivity contribution in [2.45, 2.75) is 103 Å². The van der Waals surface area contributed by atoms with Crippen molar-refractivity contribution in [2.24, 2.45) is 9.98 Å². The largest absolute Gasteiger partial charge is 0.507 e. The Morgan fingerprint density at radius 2 is 0.886 bits per heavy atom. The highest BCUT2D eigenvalue weighted by molar-refractivity contribution is 6.09. The van der Waals surface area contributed by atoms with Gasteiger partial charge < -0.3 is 29.9 Å². The molecule has 0 bridgehead atoms. The highest BCUT2D eigenvalue weighted by Gasteiger charge is 2.32. The average molecular weight is 929 g/mol. The summed E-state index contributed by atoms with van der Waals surface area (Å²) in [5.74, 6) is 1.65. The van der Waals surface area contributed by atoms with E-state index in [1.165, 1.54) is 0 Å². The zero-order valence-corrected chi connectivity index (χ0v) is 40.6. The van der Waals surface area contributed by atoms with E-state index < -0.39 is 35.1 Å². The molecule has 0 radical (unpaired) electrons. The third-order valence-electron chi connectivity index (χ3n) is 13.9. The summed E-state index contributed by atoms with van der Waals surface area (Å²) in [4.78, 5) is 9.74. The first-order valence-corrected chi connectivity index (χ1v) is 24.2. The predicted octanol–water partition coefficient (Wildman–Crippen LogP) is 13.0. The number of fused-ring (bicyclic) bond motifs is 4. The minimum absolute atomic E-state index is 0.158.